The second kappa shape index (κ2) is 4.91. The van der Waals surface area contributed by atoms with Gasteiger partial charge in [0.15, 0.2) is 9.76 Å². The van der Waals surface area contributed by atoms with E-state index in [0.717, 1.165) is 6.61 Å². The summed E-state index contributed by atoms with van der Waals surface area (Å²) < 4.78 is 5.58. The Hall–Kier alpha value is 0.177. The van der Waals surface area contributed by atoms with Crippen LogP contribution in [-0.2, 0) is 4.43 Å². The van der Waals surface area contributed by atoms with E-state index in [1.807, 2.05) is 0 Å². The van der Waals surface area contributed by atoms with Gasteiger partial charge in [-0.1, -0.05) is 34.1 Å². The highest BCUT2D eigenvalue weighted by atomic mass is 28.2. The molecule has 2 heteroatoms. The summed E-state index contributed by atoms with van der Waals surface area (Å²) in [5.41, 5.74) is 0. The van der Waals surface area contributed by atoms with Crippen molar-refractivity contribution in [2.24, 2.45) is 0 Å². The lowest BCUT2D eigenvalue weighted by molar-refractivity contribution is 0.312. The topological polar surface area (TPSA) is 9.23 Å². The van der Waals surface area contributed by atoms with Gasteiger partial charge >= 0.3 is 0 Å². The Kier molecular flexibility index (Phi) is 5.00. The van der Waals surface area contributed by atoms with Gasteiger partial charge < -0.3 is 4.43 Å². The maximum Gasteiger partial charge on any atom is 0.166 e. The standard InChI is InChI=1S/C8H20OSi/c1-5-6-7-9-10-8(2,3)4/h5-7,10H2,1-4H3. The molecule has 0 aliphatic heterocycles. The van der Waals surface area contributed by atoms with Crippen molar-refractivity contribution < 1.29 is 4.43 Å². The Morgan fingerprint density at radius 2 is 1.90 bits per heavy atom. The lowest BCUT2D eigenvalue weighted by atomic mass is 10.3. The van der Waals surface area contributed by atoms with Gasteiger partial charge in [-0.05, 0) is 11.5 Å². The molecule has 0 rings (SSSR count). The third kappa shape index (κ3) is 8.18. The average molecular weight is 160 g/mol. The van der Waals surface area contributed by atoms with E-state index >= 15 is 0 Å². The fourth-order valence-electron chi connectivity index (χ4n) is 0.625. The molecule has 0 fully saturated rings. The molecule has 0 spiro atoms. The Labute approximate surface area is 67.1 Å². The molecule has 0 radical (unpaired) electrons. The second-order valence-electron chi connectivity index (χ2n) is 3.97. The van der Waals surface area contributed by atoms with Gasteiger partial charge in [-0.3, -0.25) is 0 Å². The third-order valence-corrected chi connectivity index (χ3v) is 2.54. The minimum atomic E-state index is -0.271. The van der Waals surface area contributed by atoms with Crippen LogP contribution >= 0.6 is 0 Å². The van der Waals surface area contributed by atoms with Gasteiger partial charge in [-0.2, -0.15) is 0 Å². The molecular weight excluding hydrogens is 140 g/mol. The first-order valence-corrected chi connectivity index (χ1v) is 5.42. The normalized spacial score (nSPS) is 13.2. The summed E-state index contributed by atoms with van der Waals surface area (Å²) in [5.74, 6) is 0. The van der Waals surface area contributed by atoms with Crippen molar-refractivity contribution in [3.8, 4) is 0 Å². The maximum absolute atomic E-state index is 5.58. The van der Waals surface area contributed by atoms with Gasteiger partial charge in [0.1, 0.15) is 0 Å². The van der Waals surface area contributed by atoms with E-state index in [-0.39, 0.29) is 9.76 Å². The number of rotatable bonds is 4. The number of hydrogen-bond donors (Lipinski definition) is 0. The van der Waals surface area contributed by atoms with Crippen molar-refractivity contribution in [2.45, 2.75) is 45.6 Å². The third-order valence-electron chi connectivity index (χ3n) is 1.18. The molecule has 0 atom stereocenters. The number of hydrogen-bond acceptors (Lipinski definition) is 1. The molecular formula is C8H20OSi. The SMILES string of the molecule is CCCCO[SiH2]C(C)(C)C. The summed E-state index contributed by atoms with van der Waals surface area (Å²) in [5, 5.41) is 0.466. The zero-order chi connectivity index (χ0) is 8.04. The molecule has 0 heterocycles. The molecule has 0 N–H and O–H groups in total. The van der Waals surface area contributed by atoms with Crippen LogP contribution in [-0.4, -0.2) is 16.4 Å². The molecule has 0 unspecified atom stereocenters. The first-order chi connectivity index (χ1) is 4.56. The smallest absolute Gasteiger partial charge is 0.166 e. The summed E-state index contributed by atoms with van der Waals surface area (Å²) in [7, 11) is -0.271. The molecule has 0 aromatic heterocycles. The Balaban J connectivity index is 3.04. The predicted molar refractivity (Wildman–Crippen MR) is 49.1 cm³/mol. The fourth-order valence-corrected chi connectivity index (χ4v) is 1.59. The molecule has 1 nitrogen and oxygen atoms in total. The van der Waals surface area contributed by atoms with Crippen molar-refractivity contribution in [2.75, 3.05) is 6.61 Å². The highest BCUT2D eigenvalue weighted by Crippen LogP contribution is 2.19. The minimum Gasteiger partial charge on any atom is -0.423 e. The van der Waals surface area contributed by atoms with E-state index in [1.165, 1.54) is 12.8 Å². The van der Waals surface area contributed by atoms with Crippen LogP contribution in [0, 0.1) is 0 Å². The first kappa shape index (κ1) is 10.2. The molecule has 62 valence electrons. The van der Waals surface area contributed by atoms with Crippen LogP contribution in [0.25, 0.3) is 0 Å². The van der Waals surface area contributed by atoms with Gasteiger partial charge in [0.2, 0.25) is 0 Å². The van der Waals surface area contributed by atoms with Crippen LogP contribution in [0.2, 0.25) is 5.04 Å². The van der Waals surface area contributed by atoms with Crippen LogP contribution in [0.3, 0.4) is 0 Å². The zero-order valence-electron chi connectivity index (χ0n) is 7.74. The highest BCUT2D eigenvalue weighted by Gasteiger charge is 2.10. The van der Waals surface area contributed by atoms with E-state index < -0.39 is 0 Å². The van der Waals surface area contributed by atoms with Crippen molar-refractivity contribution in [1.82, 2.24) is 0 Å². The molecule has 0 aliphatic rings. The second-order valence-corrected chi connectivity index (χ2v) is 6.79. The van der Waals surface area contributed by atoms with Crippen molar-refractivity contribution in [3.63, 3.8) is 0 Å². The molecule has 0 aromatic rings. The van der Waals surface area contributed by atoms with E-state index in [2.05, 4.69) is 27.7 Å². The van der Waals surface area contributed by atoms with Crippen LogP contribution < -0.4 is 0 Å². The van der Waals surface area contributed by atoms with Gasteiger partial charge in [-0.15, -0.1) is 0 Å². The van der Waals surface area contributed by atoms with Crippen LogP contribution in [0.15, 0.2) is 0 Å². The zero-order valence-corrected chi connectivity index (χ0v) is 9.15. The summed E-state index contributed by atoms with van der Waals surface area (Å²) in [6, 6.07) is 0. The summed E-state index contributed by atoms with van der Waals surface area (Å²) in [4.78, 5) is 0. The largest absolute Gasteiger partial charge is 0.423 e. The number of unbranched alkanes of at least 4 members (excludes halogenated alkanes) is 1. The Bertz CT molecular complexity index is 75.8. The van der Waals surface area contributed by atoms with Crippen LogP contribution in [0.1, 0.15) is 40.5 Å². The predicted octanol–water partition coefficient (Wildman–Crippen LogP) is 2.11. The average Bonchev–Trinajstić information content (AvgIpc) is 1.78. The van der Waals surface area contributed by atoms with E-state index in [1.54, 1.807) is 0 Å². The highest BCUT2D eigenvalue weighted by molar-refractivity contribution is 6.31. The maximum atomic E-state index is 5.58. The minimum absolute atomic E-state index is 0.271. The molecule has 10 heavy (non-hydrogen) atoms. The van der Waals surface area contributed by atoms with E-state index in [4.69, 9.17) is 4.43 Å². The lowest BCUT2D eigenvalue weighted by Crippen LogP contribution is -2.12. The fraction of sp³-hybridized carbons (Fsp3) is 1.00. The molecule has 0 saturated carbocycles. The van der Waals surface area contributed by atoms with Gasteiger partial charge in [-0.25, -0.2) is 0 Å². The molecule has 0 aliphatic carbocycles. The molecule has 0 aromatic carbocycles. The van der Waals surface area contributed by atoms with Gasteiger partial charge in [0.05, 0.1) is 0 Å². The van der Waals surface area contributed by atoms with Gasteiger partial charge in [0, 0.05) is 6.61 Å². The van der Waals surface area contributed by atoms with Crippen LogP contribution in [0.5, 0.6) is 0 Å². The van der Waals surface area contributed by atoms with Gasteiger partial charge in [0.25, 0.3) is 0 Å². The van der Waals surface area contributed by atoms with Crippen molar-refractivity contribution in [3.05, 3.63) is 0 Å². The molecule has 0 amide bonds. The van der Waals surface area contributed by atoms with Crippen molar-refractivity contribution in [1.29, 1.82) is 0 Å². The summed E-state index contributed by atoms with van der Waals surface area (Å²) in [6.07, 6.45) is 2.47. The first-order valence-electron chi connectivity index (χ1n) is 4.14. The molecule has 0 saturated heterocycles. The summed E-state index contributed by atoms with van der Waals surface area (Å²) >= 11 is 0. The summed E-state index contributed by atoms with van der Waals surface area (Å²) in [6.45, 7) is 9.95. The lowest BCUT2D eigenvalue weighted by Gasteiger charge is -2.16. The Morgan fingerprint density at radius 1 is 1.30 bits per heavy atom. The van der Waals surface area contributed by atoms with E-state index in [9.17, 15) is 0 Å². The van der Waals surface area contributed by atoms with Crippen LogP contribution in [0.4, 0.5) is 0 Å². The van der Waals surface area contributed by atoms with Crippen molar-refractivity contribution >= 4 is 9.76 Å². The Morgan fingerprint density at radius 3 is 2.30 bits per heavy atom. The molecule has 0 bridgehead atoms. The monoisotopic (exact) mass is 160 g/mol. The quantitative estimate of drug-likeness (QED) is 0.452. The van der Waals surface area contributed by atoms with E-state index in [0.29, 0.717) is 5.04 Å².